The summed E-state index contributed by atoms with van der Waals surface area (Å²) in [6, 6.07) is 12.3. The number of hydrogen-bond acceptors (Lipinski definition) is 5. The summed E-state index contributed by atoms with van der Waals surface area (Å²) in [5.41, 5.74) is 2.53. The molecule has 0 saturated carbocycles. The summed E-state index contributed by atoms with van der Waals surface area (Å²) in [7, 11) is 3.93. The number of hydrogen-bond donors (Lipinski definition) is 1. The second-order valence-corrected chi connectivity index (χ2v) is 9.09. The van der Waals surface area contributed by atoms with Crippen LogP contribution in [0.25, 0.3) is 11.4 Å². The molecule has 32 heavy (non-hydrogen) atoms. The lowest BCUT2D eigenvalue weighted by atomic mass is 9.96. The van der Waals surface area contributed by atoms with Crippen molar-refractivity contribution in [2.24, 2.45) is 0 Å². The third-order valence-electron chi connectivity index (χ3n) is 5.66. The Morgan fingerprint density at radius 2 is 1.88 bits per heavy atom. The third kappa shape index (κ3) is 3.96. The van der Waals surface area contributed by atoms with Gasteiger partial charge in [-0.05, 0) is 63.8 Å². The summed E-state index contributed by atoms with van der Waals surface area (Å²) in [6.07, 6.45) is 2.49. The van der Waals surface area contributed by atoms with E-state index in [0.717, 1.165) is 16.6 Å². The van der Waals surface area contributed by atoms with Crippen LogP contribution in [0.4, 0.5) is 0 Å². The molecule has 0 unspecified atom stereocenters. The number of aliphatic hydroxyl groups is 1. The Hall–Kier alpha value is -2.97. The number of benzene rings is 1. The third-order valence-corrected chi connectivity index (χ3v) is 6.19. The monoisotopic (exact) mass is 496 g/mol. The van der Waals surface area contributed by atoms with E-state index in [4.69, 9.17) is 0 Å². The van der Waals surface area contributed by atoms with E-state index in [-0.39, 0.29) is 11.3 Å². The molecule has 7 nitrogen and oxygen atoms in total. The van der Waals surface area contributed by atoms with Crippen LogP contribution in [0.15, 0.2) is 58.7 Å². The minimum atomic E-state index is -0.675. The molecule has 4 rings (SSSR count). The average Bonchev–Trinajstić information content (AvgIpc) is 3.22. The van der Waals surface area contributed by atoms with Crippen LogP contribution in [-0.2, 0) is 9.59 Å². The first-order chi connectivity index (χ1) is 15.3. The number of ketones is 1. The zero-order chi connectivity index (χ0) is 23.0. The van der Waals surface area contributed by atoms with Crippen LogP contribution < -0.4 is 0 Å². The van der Waals surface area contributed by atoms with E-state index < -0.39 is 17.7 Å². The number of carbonyl (C=O) groups excluding carboxylic acids is 2. The zero-order valence-corrected chi connectivity index (χ0v) is 19.8. The predicted octanol–water partition coefficient (Wildman–Crippen LogP) is 3.78. The van der Waals surface area contributed by atoms with Gasteiger partial charge in [0.2, 0.25) is 0 Å². The van der Waals surface area contributed by atoms with Gasteiger partial charge in [-0.3, -0.25) is 14.0 Å². The van der Waals surface area contributed by atoms with E-state index in [9.17, 15) is 14.7 Å². The first-order valence-corrected chi connectivity index (χ1v) is 11.2. The van der Waals surface area contributed by atoms with Gasteiger partial charge < -0.3 is 14.9 Å². The molecule has 1 N–H and O–H groups in total. The Kier molecular flexibility index (Phi) is 6.17. The van der Waals surface area contributed by atoms with Crippen molar-refractivity contribution < 1.29 is 14.7 Å². The number of amides is 1. The number of fused-ring (bicyclic) bond motifs is 1. The highest BCUT2D eigenvalue weighted by Crippen LogP contribution is 2.40. The van der Waals surface area contributed by atoms with Crippen LogP contribution in [0.1, 0.15) is 29.4 Å². The smallest absolute Gasteiger partial charge is 0.295 e. The number of likely N-dealkylation sites (tertiary alicyclic amines) is 1. The van der Waals surface area contributed by atoms with Crippen molar-refractivity contribution in [3.63, 3.8) is 0 Å². The molecule has 1 aliphatic heterocycles. The van der Waals surface area contributed by atoms with Crippen molar-refractivity contribution in [1.29, 1.82) is 0 Å². The summed E-state index contributed by atoms with van der Waals surface area (Å²) in [5.74, 6) is -1.47. The summed E-state index contributed by atoms with van der Waals surface area (Å²) in [6.45, 7) is 2.97. The number of carbonyl (C=O) groups is 2. The van der Waals surface area contributed by atoms with Crippen LogP contribution in [0.5, 0.6) is 0 Å². The molecule has 3 heterocycles. The van der Waals surface area contributed by atoms with E-state index in [1.165, 1.54) is 0 Å². The molecule has 0 spiro atoms. The van der Waals surface area contributed by atoms with Crippen LogP contribution in [-0.4, -0.2) is 63.2 Å². The number of aliphatic hydroxyl groups excluding tert-OH is 1. The van der Waals surface area contributed by atoms with Crippen molar-refractivity contribution in [3.8, 4) is 0 Å². The molecule has 2 aromatic heterocycles. The maximum absolute atomic E-state index is 13.2. The average molecular weight is 497 g/mol. The van der Waals surface area contributed by atoms with Crippen molar-refractivity contribution >= 4 is 39.0 Å². The minimum Gasteiger partial charge on any atom is -0.505 e. The van der Waals surface area contributed by atoms with Crippen LogP contribution in [0.3, 0.4) is 0 Å². The van der Waals surface area contributed by atoms with E-state index in [2.05, 4.69) is 20.9 Å². The van der Waals surface area contributed by atoms with Crippen molar-refractivity contribution in [2.45, 2.75) is 19.4 Å². The molecule has 166 valence electrons. The number of halogens is 1. The molecular weight excluding hydrogens is 472 g/mol. The molecule has 1 saturated heterocycles. The Labute approximate surface area is 195 Å². The minimum absolute atomic E-state index is 0.0935. The van der Waals surface area contributed by atoms with Gasteiger partial charge in [0.1, 0.15) is 11.3 Å². The fourth-order valence-electron chi connectivity index (χ4n) is 4.19. The van der Waals surface area contributed by atoms with Gasteiger partial charge in [0.15, 0.2) is 5.76 Å². The standard InChI is InChI=1S/C24H25BrN4O3/c1-15-20(28-13-5-4-7-18(28)26-15)22(30)19-21(16-8-10-17(25)11-9-16)29(24(32)23(19)31)14-6-12-27(2)3/h4-5,7-11,13,21,30H,6,12,14H2,1-3H3/t21-/m1/s1. The van der Waals surface area contributed by atoms with Gasteiger partial charge in [-0.1, -0.05) is 34.1 Å². The number of imidazole rings is 1. The van der Waals surface area contributed by atoms with Crippen molar-refractivity contribution in [2.75, 3.05) is 27.2 Å². The SMILES string of the molecule is Cc1nc2ccccn2c1C(O)=C1C(=O)C(=O)N(CCCN(C)C)[C@@H]1c1ccc(Br)cc1. The lowest BCUT2D eigenvalue weighted by molar-refractivity contribution is -0.139. The van der Waals surface area contributed by atoms with E-state index in [0.29, 0.717) is 30.0 Å². The quantitative estimate of drug-likeness (QED) is 0.319. The summed E-state index contributed by atoms with van der Waals surface area (Å²) in [4.78, 5) is 34.3. The van der Waals surface area contributed by atoms with E-state index in [1.54, 1.807) is 22.4 Å². The molecule has 1 atom stereocenters. The van der Waals surface area contributed by atoms with Crippen LogP contribution >= 0.6 is 15.9 Å². The lowest BCUT2D eigenvalue weighted by Gasteiger charge is -2.26. The van der Waals surface area contributed by atoms with Crippen molar-refractivity contribution in [3.05, 3.63) is 75.7 Å². The maximum Gasteiger partial charge on any atom is 0.295 e. The van der Waals surface area contributed by atoms with Crippen LogP contribution in [0, 0.1) is 6.92 Å². The summed E-state index contributed by atoms with van der Waals surface area (Å²) < 4.78 is 2.63. The first-order valence-electron chi connectivity index (χ1n) is 10.4. The molecule has 0 radical (unpaired) electrons. The number of aromatic nitrogens is 2. The topological polar surface area (TPSA) is 78.1 Å². The van der Waals surface area contributed by atoms with Crippen molar-refractivity contribution in [1.82, 2.24) is 19.2 Å². The highest BCUT2D eigenvalue weighted by atomic mass is 79.9. The van der Waals surface area contributed by atoms with Gasteiger partial charge in [-0.2, -0.15) is 0 Å². The number of pyridine rings is 1. The first kappa shape index (κ1) is 22.2. The molecule has 1 fully saturated rings. The second-order valence-electron chi connectivity index (χ2n) is 8.18. The van der Waals surface area contributed by atoms with Gasteiger partial charge in [0.25, 0.3) is 11.7 Å². The highest BCUT2D eigenvalue weighted by Gasteiger charge is 2.46. The van der Waals surface area contributed by atoms with E-state index in [1.807, 2.05) is 61.5 Å². The van der Waals surface area contributed by atoms with Crippen LogP contribution in [0.2, 0.25) is 0 Å². The van der Waals surface area contributed by atoms with Gasteiger partial charge >= 0.3 is 0 Å². The second kappa shape index (κ2) is 8.88. The Morgan fingerprint density at radius 3 is 2.56 bits per heavy atom. The molecule has 1 amide bonds. The van der Waals surface area contributed by atoms with Gasteiger partial charge in [0, 0.05) is 17.2 Å². The van der Waals surface area contributed by atoms with Gasteiger partial charge in [-0.15, -0.1) is 0 Å². The van der Waals surface area contributed by atoms with Gasteiger partial charge in [-0.25, -0.2) is 4.98 Å². The van der Waals surface area contributed by atoms with Gasteiger partial charge in [0.05, 0.1) is 17.3 Å². The lowest BCUT2D eigenvalue weighted by Crippen LogP contribution is -2.32. The Bertz CT molecular complexity index is 1210. The molecular formula is C24H25BrN4O3. The summed E-state index contributed by atoms with van der Waals surface area (Å²) >= 11 is 3.44. The fraction of sp³-hybridized carbons (Fsp3) is 0.292. The summed E-state index contributed by atoms with van der Waals surface area (Å²) in [5, 5.41) is 11.4. The molecule has 1 aliphatic rings. The number of rotatable bonds is 6. The highest BCUT2D eigenvalue weighted by molar-refractivity contribution is 9.10. The number of aryl methyl sites for hydroxylation is 1. The maximum atomic E-state index is 13.2. The Balaban J connectivity index is 1.87. The molecule has 8 heteroatoms. The largest absolute Gasteiger partial charge is 0.505 e. The number of Topliss-reactive ketones (excluding diaryl/α,β-unsaturated/α-hetero) is 1. The predicted molar refractivity (Wildman–Crippen MR) is 126 cm³/mol. The normalized spacial score (nSPS) is 18.3. The molecule has 0 bridgehead atoms. The number of nitrogens with zero attached hydrogens (tertiary/aromatic N) is 4. The zero-order valence-electron chi connectivity index (χ0n) is 18.2. The van der Waals surface area contributed by atoms with E-state index >= 15 is 0 Å². The molecule has 3 aromatic rings. The fourth-order valence-corrected chi connectivity index (χ4v) is 4.45. The Morgan fingerprint density at radius 1 is 1.16 bits per heavy atom. The molecule has 1 aromatic carbocycles. The molecule has 0 aliphatic carbocycles.